The molecule has 0 aliphatic heterocycles. The molecular formula is C18H15N5O3. The lowest BCUT2D eigenvalue weighted by atomic mass is 10.2. The van der Waals surface area contributed by atoms with Gasteiger partial charge in [-0.1, -0.05) is 30.3 Å². The van der Waals surface area contributed by atoms with E-state index in [-0.39, 0.29) is 11.5 Å². The SMILES string of the molecule is COc1ccc(/C=c2\c(=O)n(-c3ccccc3)c3nnc(NO)n23)cc1. The Balaban J connectivity index is 2.02. The Morgan fingerprint density at radius 3 is 2.46 bits per heavy atom. The van der Waals surface area contributed by atoms with Gasteiger partial charge >= 0.3 is 0 Å². The van der Waals surface area contributed by atoms with E-state index < -0.39 is 0 Å². The second-order valence-corrected chi connectivity index (χ2v) is 5.55. The van der Waals surface area contributed by atoms with Gasteiger partial charge in [0.1, 0.15) is 11.1 Å². The summed E-state index contributed by atoms with van der Waals surface area (Å²) in [5.41, 5.74) is 3.17. The van der Waals surface area contributed by atoms with Crippen molar-refractivity contribution in [1.82, 2.24) is 19.2 Å². The number of benzene rings is 2. The van der Waals surface area contributed by atoms with E-state index in [1.165, 1.54) is 8.97 Å². The molecule has 4 rings (SSSR count). The third-order valence-corrected chi connectivity index (χ3v) is 4.04. The number of hydrogen-bond donors (Lipinski definition) is 2. The van der Waals surface area contributed by atoms with Crippen molar-refractivity contribution in [3.05, 3.63) is 75.9 Å². The maximum atomic E-state index is 13.1. The maximum Gasteiger partial charge on any atom is 0.282 e. The zero-order valence-corrected chi connectivity index (χ0v) is 13.8. The van der Waals surface area contributed by atoms with Crippen LogP contribution in [0.15, 0.2) is 59.4 Å². The van der Waals surface area contributed by atoms with Crippen LogP contribution in [0.1, 0.15) is 5.56 Å². The quantitative estimate of drug-likeness (QED) is 0.539. The second-order valence-electron chi connectivity index (χ2n) is 5.55. The molecule has 0 spiro atoms. The van der Waals surface area contributed by atoms with Gasteiger partial charge in [-0.25, -0.2) is 14.4 Å². The van der Waals surface area contributed by atoms with Crippen molar-refractivity contribution in [2.45, 2.75) is 0 Å². The summed E-state index contributed by atoms with van der Waals surface area (Å²) in [4.78, 5) is 13.1. The standard InChI is InChI=1S/C18H15N5O3/c1-26-14-9-7-12(8-10-14)11-15-16(24)22(13-5-3-2-4-6-13)18-20-19-17(21-25)23(15)18/h2-11,25H,1H3,(H,19,21)/b15-11+. The molecule has 0 unspecified atom stereocenters. The van der Waals surface area contributed by atoms with Crippen molar-refractivity contribution in [2.75, 3.05) is 12.6 Å². The minimum Gasteiger partial charge on any atom is -0.497 e. The molecule has 0 saturated carbocycles. The molecule has 26 heavy (non-hydrogen) atoms. The molecule has 0 bridgehead atoms. The summed E-state index contributed by atoms with van der Waals surface area (Å²) in [5.74, 6) is 1.09. The minimum absolute atomic E-state index is 0.0616. The number of para-hydroxylation sites is 1. The Morgan fingerprint density at radius 2 is 1.81 bits per heavy atom. The summed E-state index contributed by atoms with van der Waals surface area (Å²) < 4.78 is 8.07. The molecule has 0 atom stereocenters. The monoisotopic (exact) mass is 349 g/mol. The normalized spacial score (nSPS) is 11.8. The van der Waals surface area contributed by atoms with Crippen LogP contribution >= 0.6 is 0 Å². The first-order chi connectivity index (χ1) is 12.7. The summed E-state index contributed by atoms with van der Waals surface area (Å²) >= 11 is 0. The third kappa shape index (κ3) is 2.49. The highest BCUT2D eigenvalue weighted by molar-refractivity contribution is 5.55. The molecule has 8 nitrogen and oxygen atoms in total. The lowest BCUT2D eigenvalue weighted by Crippen LogP contribution is -2.30. The number of nitrogens with one attached hydrogen (secondary N) is 1. The van der Waals surface area contributed by atoms with Gasteiger partial charge < -0.3 is 4.74 Å². The van der Waals surface area contributed by atoms with Crippen LogP contribution in [0.4, 0.5) is 5.95 Å². The van der Waals surface area contributed by atoms with Gasteiger partial charge in [-0.15, -0.1) is 10.2 Å². The third-order valence-electron chi connectivity index (χ3n) is 4.04. The first-order valence-corrected chi connectivity index (χ1v) is 7.84. The second kappa shape index (κ2) is 6.34. The van der Waals surface area contributed by atoms with Gasteiger partial charge in [0.25, 0.3) is 11.5 Å². The van der Waals surface area contributed by atoms with E-state index in [4.69, 9.17) is 4.74 Å². The zero-order valence-electron chi connectivity index (χ0n) is 13.8. The molecule has 4 aromatic rings. The molecule has 0 amide bonds. The summed E-state index contributed by atoms with van der Waals surface area (Å²) in [5, 5.41) is 17.6. The van der Waals surface area contributed by atoms with E-state index in [1.54, 1.807) is 37.5 Å². The summed E-state index contributed by atoms with van der Waals surface area (Å²) in [6.07, 6.45) is 1.71. The molecule has 0 aliphatic carbocycles. The van der Waals surface area contributed by atoms with E-state index in [2.05, 4.69) is 10.2 Å². The predicted octanol–water partition coefficient (Wildman–Crippen LogP) is 1.24. The van der Waals surface area contributed by atoms with Crippen LogP contribution in [-0.4, -0.2) is 31.5 Å². The van der Waals surface area contributed by atoms with Crippen molar-refractivity contribution >= 4 is 17.8 Å². The van der Waals surface area contributed by atoms with Crippen LogP contribution < -0.4 is 21.1 Å². The molecule has 130 valence electrons. The number of fused-ring (bicyclic) bond motifs is 1. The molecule has 8 heteroatoms. The average Bonchev–Trinajstić information content (AvgIpc) is 3.21. The Hall–Kier alpha value is -3.65. The van der Waals surface area contributed by atoms with E-state index in [1.807, 2.05) is 35.8 Å². The fraction of sp³-hybridized carbons (Fsp3) is 0.0556. The van der Waals surface area contributed by atoms with Crippen molar-refractivity contribution in [1.29, 1.82) is 0 Å². The lowest BCUT2D eigenvalue weighted by molar-refractivity contribution is 0.381. The highest BCUT2D eigenvalue weighted by atomic mass is 16.5. The Kier molecular flexibility index (Phi) is 3.86. The van der Waals surface area contributed by atoms with Crippen LogP contribution in [0, 0.1) is 0 Å². The minimum atomic E-state index is -0.270. The number of nitrogens with zero attached hydrogens (tertiary/aromatic N) is 4. The van der Waals surface area contributed by atoms with Gasteiger partial charge in [0.05, 0.1) is 12.8 Å². The van der Waals surface area contributed by atoms with E-state index >= 15 is 0 Å². The number of ether oxygens (including phenoxy) is 1. The number of rotatable bonds is 4. The molecule has 0 fully saturated rings. The molecule has 0 aliphatic rings. The maximum absolute atomic E-state index is 13.1. The van der Waals surface area contributed by atoms with Crippen molar-refractivity contribution in [2.24, 2.45) is 0 Å². The Labute approximate surface area is 147 Å². The molecule has 0 saturated heterocycles. The fourth-order valence-corrected chi connectivity index (χ4v) is 2.81. The van der Waals surface area contributed by atoms with E-state index in [9.17, 15) is 10.0 Å². The molecule has 2 heterocycles. The average molecular weight is 349 g/mol. The molecule has 2 N–H and O–H groups in total. The first-order valence-electron chi connectivity index (χ1n) is 7.84. The summed E-state index contributed by atoms with van der Waals surface area (Å²) in [6, 6.07) is 16.4. The molecule has 2 aromatic carbocycles. The van der Waals surface area contributed by atoms with Crippen molar-refractivity contribution < 1.29 is 9.94 Å². The van der Waals surface area contributed by atoms with Gasteiger partial charge in [0.15, 0.2) is 0 Å². The highest BCUT2D eigenvalue weighted by Gasteiger charge is 2.17. The molecular weight excluding hydrogens is 334 g/mol. The van der Waals surface area contributed by atoms with Crippen LogP contribution in [0.25, 0.3) is 17.5 Å². The molecule has 2 aromatic heterocycles. The van der Waals surface area contributed by atoms with Gasteiger partial charge in [0, 0.05) is 0 Å². The van der Waals surface area contributed by atoms with Crippen molar-refractivity contribution in [3.63, 3.8) is 0 Å². The van der Waals surface area contributed by atoms with Crippen LogP contribution in [-0.2, 0) is 0 Å². The number of hydrogen-bond acceptors (Lipinski definition) is 6. The van der Waals surface area contributed by atoms with Crippen LogP contribution in [0.5, 0.6) is 5.75 Å². The van der Waals surface area contributed by atoms with Gasteiger partial charge in [-0.2, -0.15) is 0 Å². The molecule has 0 radical (unpaired) electrons. The zero-order chi connectivity index (χ0) is 18.1. The smallest absolute Gasteiger partial charge is 0.282 e. The summed E-state index contributed by atoms with van der Waals surface area (Å²) in [6.45, 7) is 0. The summed E-state index contributed by atoms with van der Waals surface area (Å²) in [7, 11) is 1.59. The van der Waals surface area contributed by atoms with Crippen LogP contribution in [0.2, 0.25) is 0 Å². The van der Waals surface area contributed by atoms with Gasteiger partial charge in [-0.3, -0.25) is 10.0 Å². The first kappa shape index (κ1) is 15.9. The number of aromatic nitrogens is 4. The lowest BCUT2D eigenvalue weighted by Gasteiger charge is -1.99. The van der Waals surface area contributed by atoms with E-state index in [0.717, 1.165) is 11.3 Å². The number of imidazole rings is 1. The van der Waals surface area contributed by atoms with Crippen molar-refractivity contribution in [3.8, 4) is 11.4 Å². The predicted molar refractivity (Wildman–Crippen MR) is 95.8 cm³/mol. The Morgan fingerprint density at radius 1 is 1.08 bits per heavy atom. The van der Waals surface area contributed by atoms with E-state index in [0.29, 0.717) is 16.8 Å². The number of anilines is 1. The van der Waals surface area contributed by atoms with Gasteiger partial charge in [0.2, 0.25) is 5.78 Å². The Bertz CT molecular complexity index is 1160. The fourth-order valence-electron chi connectivity index (χ4n) is 2.81. The topological polar surface area (TPSA) is 93.7 Å². The highest BCUT2D eigenvalue weighted by Crippen LogP contribution is 2.13. The largest absolute Gasteiger partial charge is 0.497 e. The number of methoxy groups -OCH3 is 1. The van der Waals surface area contributed by atoms with Crippen LogP contribution in [0.3, 0.4) is 0 Å². The van der Waals surface area contributed by atoms with Gasteiger partial charge in [-0.05, 0) is 35.9 Å².